The molecule has 0 saturated heterocycles. The number of cyclic esters (lactones) is 1. The summed E-state index contributed by atoms with van der Waals surface area (Å²) in [4.78, 5) is 30.4. The molecule has 0 radical (unpaired) electrons. The Balaban J connectivity index is 1.87. The van der Waals surface area contributed by atoms with Gasteiger partial charge in [0.25, 0.3) is 0 Å². The van der Waals surface area contributed by atoms with Crippen LogP contribution < -0.4 is 0 Å². The maximum absolute atomic E-state index is 15.2. The molecular weight excluding hydrogens is 477 g/mol. The number of aliphatic hydroxyl groups is 2. The van der Waals surface area contributed by atoms with Crippen molar-refractivity contribution in [3.05, 3.63) is 47.6 Å². The molecule has 8 heteroatoms. The maximum Gasteiger partial charge on any atom is 0.309 e. The lowest BCUT2D eigenvalue weighted by Crippen LogP contribution is -2.51. The minimum absolute atomic E-state index is 0.0842. The largest absolute Gasteiger partial charge is 0.455 e. The number of esters is 1. The van der Waals surface area contributed by atoms with Gasteiger partial charge in [-0.05, 0) is 63.2 Å². The van der Waals surface area contributed by atoms with Gasteiger partial charge in [-0.1, -0.05) is 38.5 Å². The number of hydrogen-bond donors (Lipinski definition) is 2. The number of carbonyl (C=O) groups excluding carboxylic acids is 2. The minimum Gasteiger partial charge on any atom is -0.455 e. The number of pyridine rings is 1. The summed E-state index contributed by atoms with van der Waals surface area (Å²) in [5.74, 6) is -2.15. The first-order valence-electron chi connectivity index (χ1n) is 13.2. The van der Waals surface area contributed by atoms with Gasteiger partial charge in [-0.3, -0.25) is 14.6 Å². The highest BCUT2D eigenvalue weighted by molar-refractivity contribution is 5.90. The molecule has 0 bridgehead atoms. The quantitative estimate of drug-likeness (QED) is 0.440. The van der Waals surface area contributed by atoms with Gasteiger partial charge in [0, 0.05) is 12.6 Å². The zero-order valence-corrected chi connectivity index (χ0v) is 22.2. The SMILES string of the molecule is CC1=CCC(C(F)=Cc2ccccn2)OC(=O)CC(O)C(C)(C)C(=O)C(OC2CC2)C(O)C(C)CCC1. The van der Waals surface area contributed by atoms with E-state index < -0.39 is 53.8 Å². The molecule has 0 spiro atoms. The van der Waals surface area contributed by atoms with Crippen LogP contribution in [0.25, 0.3) is 6.08 Å². The normalized spacial score (nSPS) is 30.9. The highest BCUT2D eigenvalue weighted by Gasteiger charge is 2.46. The minimum atomic E-state index is -1.41. The third-order valence-electron chi connectivity index (χ3n) is 7.31. The van der Waals surface area contributed by atoms with Crippen molar-refractivity contribution in [3.8, 4) is 0 Å². The zero-order chi connectivity index (χ0) is 27.2. The number of nitrogens with zero attached hydrogens (tertiary/aromatic N) is 1. The number of halogens is 1. The standard InChI is InChI=1S/C29H40FNO6/c1-18-8-7-9-19(2)26(34)27(36-21-12-13-21)28(35)29(3,4)24(32)17-25(33)37-23(14-11-18)22(30)16-20-10-5-6-15-31-20/h5-6,10-11,15-16,19,21,23-24,26-27,32,34H,7-9,12-14,17H2,1-4H3. The maximum atomic E-state index is 15.2. The van der Waals surface area contributed by atoms with E-state index in [4.69, 9.17) is 9.47 Å². The summed E-state index contributed by atoms with van der Waals surface area (Å²) >= 11 is 0. The van der Waals surface area contributed by atoms with Crippen molar-refractivity contribution in [1.29, 1.82) is 0 Å². The van der Waals surface area contributed by atoms with Crippen LogP contribution in [0, 0.1) is 11.3 Å². The molecule has 7 nitrogen and oxygen atoms in total. The van der Waals surface area contributed by atoms with Crippen LogP contribution in [0.15, 0.2) is 41.9 Å². The summed E-state index contributed by atoms with van der Waals surface area (Å²) in [6.07, 6.45) is 3.22. The predicted molar refractivity (Wildman–Crippen MR) is 138 cm³/mol. The van der Waals surface area contributed by atoms with Crippen LogP contribution in [-0.2, 0) is 19.1 Å². The first-order valence-corrected chi connectivity index (χ1v) is 13.2. The topological polar surface area (TPSA) is 106 Å². The number of ether oxygens (including phenoxy) is 2. The van der Waals surface area contributed by atoms with Crippen molar-refractivity contribution < 1.29 is 33.7 Å². The molecule has 37 heavy (non-hydrogen) atoms. The van der Waals surface area contributed by atoms with Crippen molar-refractivity contribution in [2.75, 3.05) is 0 Å². The lowest BCUT2D eigenvalue weighted by Gasteiger charge is -2.35. The van der Waals surface area contributed by atoms with E-state index in [2.05, 4.69) is 4.98 Å². The molecule has 3 rings (SSSR count). The van der Waals surface area contributed by atoms with Gasteiger partial charge in [-0.2, -0.15) is 0 Å². The van der Waals surface area contributed by atoms with Crippen LogP contribution in [0.1, 0.15) is 78.3 Å². The summed E-state index contributed by atoms with van der Waals surface area (Å²) < 4.78 is 26.6. The molecule has 5 atom stereocenters. The summed E-state index contributed by atoms with van der Waals surface area (Å²) in [6.45, 7) is 6.88. The summed E-state index contributed by atoms with van der Waals surface area (Å²) in [5.41, 5.74) is -0.00147. The number of allylic oxidation sites excluding steroid dienone is 1. The molecule has 0 aromatic carbocycles. The van der Waals surface area contributed by atoms with E-state index in [1.54, 1.807) is 24.4 Å². The molecule has 1 aromatic rings. The van der Waals surface area contributed by atoms with Gasteiger partial charge in [-0.25, -0.2) is 4.39 Å². The molecule has 1 saturated carbocycles. The summed E-state index contributed by atoms with van der Waals surface area (Å²) in [5, 5.41) is 22.0. The zero-order valence-electron chi connectivity index (χ0n) is 22.2. The first kappa shape index (κ1) is 29.1. The smallest absolute Gasteiger partial charge is 0.309 e. The van der Waals surface area contributed by atoms with E-state index in [1.165, 1.54) is 19.9 Å². The van der Waals surface area contributed by atoms with Gasteiger partial charge < -0.3 is 19.7 Å². The molecule has 2 aliphatic rings. The van der Waals surface area contributed by atoms with Gasteiger partial charge in [0.2, 0.25) is 0 Å². The van der Waals surface area contributed by atoms with Crippen molar-refractivity contribution in [3.63, 3.8) is 0 Å². The van der Waals surface area contributed by atoms with Crippen LogP contribution in [-0.4, -0.2) is 57.5 Å². The second kappa shape index (κ2) is 12.9. The third-order valence-corrected chi connectivity index (χ3v) is 7.31. The molecule has 1 fully saturated rings. The number of aliphatic hydroxyl groups excluding tert-OH is 2. The van der Waals surface area contributed by atoms with Crippen LogP contribution >= 0.6 is 0 Å². The molecule has 2 heterocycles. The van der Waals surface area contributed by atoms with E-state index in [-0.39, 0.29) is 18.4 Å². The third kappa shape index (κ3) is 8.28. The van der Waals surface area contributed by atoms with Crippen molar-refractivity contribution in [2.24, 2.45) is 11.3 Å². The lowest BCUT2D eigenvalue weighted by molar-refractivity contribution is -0.161. The van der Waals surface area contributed by atoms with Crippen LogP contribution in [0.2, 0.25) is 0 Å². The van der Waals surface area contributed by atoms with Crippen molar-refractivity contribution >= 4 is 17.8 Å². The second-order valence-corrected chi connectivity index (χ2v) is 11.0. The van der Waals surface area contributed by atoms with Gasteiger partial charge in [0.15, 0.2) is 11.9 Å². The number of Topliss-reactive ketones (excluding diaryl/α,β-unsaturated/α-hetero) is 1. The van der Waals surface area contributed by atoms with Crippen molar-refractivity contribution in [1.82, 2.24) is 4.98 Å². The number of aromatic nitrogens is 1. The monoisotopic (exact) mass is 517 g/mol. The number of carbonyl (C=O) groups is 2. The first-order chi connectivity index (χ1) is 17.5. The fourth-order valence-electron chi connectivity index (χ4n) is 4.35. The fraction of sp³-hybridized carbons (Fsp3) is 0.621. The lowest BCUT2D eigenvalue weighted by atomic mass is 9.76. The Morgan fingerprint density at radius 3 is 2.59 bits per heavy atom. The Morgan fingerprint density at radius 1 is 1.22 bits per heavy atom. The van der Waals surface area contributed by atoms with E-state index in [0.29, 0.717) is 12.1 Å². The highest BCUT2D eigenvalue weighted by atomic mass is 19.1. The summed E-state index contributed by atoms with van der Waals surface area (Å²) in [6, 6.07) is 5.10. The number of rotatable bonds is 4. The van der Waals surface area contributed by atoms with Gasteiger partial charge in [0.1, 0.15) is 11.9 Å². The highest BCUT2D eigenvalue weighted by Crippen LogP contribution is 2.34. The van der Waals surface area contributed by atoms with Gasteiger partial charge in [0.05, 0.1) is 35.8 Å². The molecule has 5 unspecified atom stereocenters. The molecule has 0 amide bonds. The van der Waals surface area contributed by atoms with Crippen LogP contribution in [0.4, 0.5) is 4.39 Å². The van der Waals surface area contributed by atoms with Crippen LogP contribution in [0.5, 0.6) is 0 Å². The van der Waals surface area contributed by atoms with Gasteiger partial charge in [-0.15, -0.1) is 0 Å². The molecule has 2 N–H and O–H groups in total. The van der Waals surface area contributed by atoms with E-state index in [0.717, 1.165) is 31.3 Å². The Bertz CT molecular complexity index is 987. The Kier molecular flexibility index (Phi) is 10.2. The Labute approximate surface area is 218 Å². The number of ketones is 1. The number of hydrogen-bond acceptors (Lipinski definition) is 7. The molecule has 1 aliphatic carbocycles. The molecule has 204 valence electrons. The van der Waals surface area contributed by atoms with E-state index in [1.807, 2.05) is 19.9 Å². The van der Waals surface area contributed by atoms with Crippen LogP contribution in [0.3, 0.4) is 0 Å². The average molecular weight is 518 g/mol. The molecule has 1 aliphatic heterocycles. The summed E-state index contributed by atoms with van der Waals surface area (Å²) in [7, 11) is 0. The molecular formula is C29H40FNO6. The van der Waals surface area contributed by atoms with E-state index in [9.17, 15) is 19.8 Å². The van der Waals surface area contributed by atoms with Gasteiger partial charge >= 0.3 is 5.97 Å². The second-order valence-electron chi connectivity index (χ2n) is 11.0. The molecule has 1 aromatic heterocycles. The van der Waals surface area contributed by atoms with Crippen molar-refractivity contribution in [2.45, 2.75) is 103 Å². The Hall–Kier alpha value is -2.42. The van der Waals surface area contributed by atoms with E-state index >= 15 is 4.39 Å². The predicted octanol–water partition coefficient (Wildman–Crippen LogP) is 4.72. The fourth-order valence-corrected chi connectivity index (χ4v) is 4.35. The Morgan fingerprint density at radius 2 is 1.95 bits per heavy atom. The average Bonchev–Trinajstić information content (AvgIpc) is 3.68.